The molecule has 0 aliphatic heterocycles. The van der Waals surface area contributed by atoms with E-state index in [4.69, 9.17) is 4.74 Å². The molecule has 250 valence electrons. The number of nitrogens with zero attached hydrogens (tertiary/aromatic N) is 1. The van der Waals surface area contributed by atoms with Gasteiger partial charge in [0.25, 0.3) is 0 Å². The third-order valence-electron chi connectivity index (χ3n) is 7.89. The average Bonchev–Trinajstić information content (AvgIpc) is 2.99. The minimum Gasteiger partial charge on any atom is -0.462 e. The van der Waals surface area contributed by atoms with E-state index in [1.165, 1.54) is 116 Å². The molecular weight excluding hydrogens is 526 g/mol. The highest BCUT2D eigenvalue weighted by Crippen LogP contribution is 2.17. The fourth-order valence-corrected chi connectivity index (χ4v) is 5.15. The Labute approximate surface area is 269 Å². The molecule has 0 aromatic carbocycles. The summed E-state index contributed by atoms with van der Waals surface area (Å²) in [6, 6.07) is 0. The Hall–Kier alpha value is -1.61. The van der Waals surface area contributed by atoms with Crippen molar-refractivity contribution in [2.75, 3.05) is 20.6 Å². The Balaban J connectivity index is 4.12. The second-order valence-electron chi connectivity index (χ2n) is 12.7. The second kappa shape index (κ2) is 34.9. The Kier molecular flexibility index (Phi) is 33.6. The van der Waals surface area contributed by atoms with Crippen molar-refractivity contribution in [3.63, 3.8) is 0 Å². The van der Waals surface area contributed by atoms with Crippen molar-refractivity contribution in [1.29, 1.82) is 0 Å². The van der Waals surface area contributed by atoms with Crippen LogP contribution in [0.4, 0.5) is 0 Å². The molecular formula is C40H73NO2. The van der Waals surface area contributed by atoms with Gasteiger partial charge in [-0.15, -0.1) is 0 Å². The number of hydrogen-bond donors (Lipinski definition) is 0. The van der Waals surface area contributed by atoms with Crippen LogP contribution in [0.3, 0.4) is 0 Å². The van der Waals surface area contributed by atoms with Gasteiger partial charge in [0.05, 0.1) is 0 Å². The zero-order chi connectivity index (χ0) is 31.5. The van der Waals surface area contributed by atoms with Crippen LogP contribution in [0.5, 0.6) is 0 Å². The molecule has 0 spiro atoms. The molecule has 0 aliphatic rings. The van der Waals surface area contributed by atoms with Crippen LogP contribution < -0.4 is 0 Å². The Bertz CT molecular complexity index is 647. The molecule has 0 saturated heterocycles. The first-order valence-corrected chi connectivity index (χ1v) is 18.5. The standard InChI is InChI=1S/C40H73NO2/c1-5-7-9-11-13-15-17-19-21-23-25-27-29-31-35-39(43-40(42)37-33-34-38-41(3)4)36-32-30-28-26-24-22-20-18-16-14-12-10-8-6-2/h9-12,21-24,39H,5-8,13-20,25-38H2,1-4H3/b11-9-,12-10-,23-21-,24-22-. The summed E-state index contributed by atoms with van der Waals surface area (Å²) >= 11 is 0. The smallest absolute Gasteiger partial charge is 0.306 e. The summed E-state index contributed by atoms with van der Waals surface area (Å²) in [4.78, 5) is 14.7. The summed E-state index contributed by atoms with van der Waals surface area (Å²) in [5.41, 5.74) is 0. The minimum absolute atomic E-state index is 0.0105. The highest BCUT2D eigenvalue weighted by Gasteiger charge is 2.14. The predicted octanol–water partition coefficient (Wildman–Crippen LogP) is 12.5. The number of allylic oxidation sites excluding steroid dienone is 8. The maximum Gasteiger partial charge on any atom is 0.306 e. The van der Waals surface area contributed by atoms with E-state index in [-0.39, 0.29) is 12.1 Å². The van der Waals surface area contributed by atoms with Crippen molar-refractivity contribution in [2.45, 2.75) is 180 Å². The number of unbranched alkanes of at least 4 members (excludes halogenated alkanes) is 15. The van der Waals surface area contributed by atoms with Crippen LogP contribution in [0.2, 0.25) is 0 Å². The fourth-order valence-electron chi connectivity index (χ4n) is 5.15. The molecule has 0 unspecified atom stereocenters. The number of carbonyl (C=O) groups excluding carboxylic acids is 1. The van der Waals surface area contributed by atoms with Gasteiger partial charge >= 0.3 is 5.97 Å². The monoisotopic (exact) mass is 600 g/mol. The number of esters is 1. The Morgan fingerprint density at radius 1 is 0.512 bits per heavy atom. The highest BCUT2D eigenvalue weighted by molar-refractivity contribution is 5.69. The van der Waals surface area contributed by atoms with Crippen LogP contribution in [0, 0.1) is 0 Å². The third-order valence-corrected chi connectivity index (χ3v) is 7.89. The molecule has 0 atom stereocenters. The highest BCUT2D eigenvalue weighted by atomic mass is 16.5. The zero-order valence-corrected chi connectivity index (χ0v) is 29.3. The molecule has 0 heterocycles. The molecule has 0 N–H and O–H groups in total. The number of ether oxygens (including phenoxy) is 1. The summed E-state index contributed by atoms with van der Waals surface area (Å²) in [5, 5.41) is 0. The van der Waals surface area contributed by atoms with E-state index in [2.05, 4.69) is 81.5 Å². The van der Waals surface area contributed by atoms with Gasteiger partial charge in [-0.1, -0.05) is 88.1 Å². The maximum atomic E-state index is 12.5. The van der Waals surface area contributed by atoms with Gasteiger partial charge in [-0.05, 0) is 149 Å². The molecule has 0 bridgehead atoms. The molecule has 0 radical (unpaired) electrons. The van der Waals surface area contributed by atoms with E-state index >= 15 is 0 Å². The van der Waals surface area contributed by atoms with Gasteiger partial charge < -0.3 is 9.64 Å². The maximum absolute atomic E-state index is 12.5. The zero-order valence-electron chi connectivity index (χ0n) is 29.3. The molecule has 0 fully saturated rings. The SMILES string of the molecule is CCC/C=C\CCCC/C=C\CCCCCC(CCCCC/C=C\CCCC/C=C\CCC)OC(=O)CCCCN(C)C. The molecule has 43 heavy (non-hydrogen) atoms. The van der Waals surface area contributed by atoms with Crippen LogP contribution in [0.25, 0.3) is 0 Å². The lowest BCUT2D eigenvalue weighted by molar-refractivity contribution is -0.150. The lowest BCUT2D eigenvalue weighted by Gasteiger charge is -2.18. The van der Waals surface area contributed by atoms with Gasteiger partial charge in [0.2, 0.25) is 0 Å². The van der Waals surface area contributed by atoms with Gasteiger partial charge in [0.15, 0.2) is 0 Å². The van der Waals surface area contributed by atoms with Gasteiger partial charge in [-0.25, -0.2) is 0 Å². The van der Waals surface area contributed by atoms with E-state index < -0.39 is 0 Å². The van der Waals surface area contributed by atoms with Crippen LogP contribution >= 0.6 is 0 Å². The van der Waals surface area contributed by atoms with Crippen LogP contribution in [0.15, 0.2) is 48.6 Å². The first-order valence-electron chi connectivity index (χ1n) is 18.5. The number of carbonyl (C=O) groups is 1. The van der Waals surface area contributed by atoms with Gasteiger partial charge in [-0.2, -0.15) is 0 Å². The minimum atomic E-state index is 0.0105. The quantitative estimate of drug-likeness (QED) is 0.0437. The average molecular weight is 600 g/mol. The largest absolute Gasteiger partial charge is 0.462 e. The molecule has 3 nitrogen and oxygen atoms in total. The first-order chi connectivity index (χ1) is 21.1. The normalized spacial score (nSPS) is 12.4. The Morgan fingerprint density at radius 3 is 1.26 bits per heavy atom. The summed E-state index contributed by atoms with van der Waals surface area (Å²) in [6.07, 6.45) is 48.1. The number of hydrogen-bond acceptors (Lipinski definition) is 3. The molecule has 0 rings (SSSR count). The summed E-state index contributed by atoms with van der Waals surface area (Å²) in [7, 11) is 4.17. The molecule has 0 aromatic rings. The molecule has 0 amide bonds. The van der Waals surface area contributed by atoms with Gasteiger partial charge in [0.1, 0.15) is 6.10 Å². The van der Waals surface area contributed by atoms with E-state index in [0.717, 1.165) is 45.1 Å². The molecule has 3 heteroatoms. The predicted molar refractivity (Wildman–Crippen MR) is 192 cm³/mol. The van der Waals surface area contributed by atoms with Crippen molar-refractivity contribution in [3.8, 4) is 0 Å². The van der Waals surface area contributed by atoms with Crippen LogP contribution in [0.1, 0.15) is 174 Å². The number of rotatable bonds is 32. The van der Waals surface area contributed by atoms with Crippen molar-refractivity contribution in [1.82, 2.24) is 4.90 Å². The molecule has 0 aliphatic carbocycles. The summed E-state index contributed by atoms with van der Waals surface area (Å²) < 4.78 is 5.99. The van der Waals surface area contributed by atoms with Crippen LogP contribution in [-0.2, 0) is 9.53 Å². The van der Waals surface area contributed by atoms with Crippen molar-refractivity contribution < 1.29 is 9.53 Å². The lowest BCUT2D eigenvalue weighted by Crippen LogP contribution is -2.19. The second-order valence-corrected chi connectivity index (χ2v) is 12.7. The van der Waals surface area contributed by atoms with Crippen molar-refractivity contribution in [3.05, 3.63) is 48.6 Å². The first kappa shape index (κ1) is 41.4. The lowest BCUT2D eigenvalue weighted by atomic mass is 10.0. The van der Waals surface area contributed by atoms with Crippen molar-refractivity contribution >= 4 is 5.97 Å². The fraction of sp³-hybridized carbons (Fsp3) is 0.775. The molecule has 0 aromatic heterocycles. The molecule has 0 saturated carbocycles. The topological polar surface area (TPSA) is 29.5 Å². The van der Waals surface area contributed by atoms with Crippen LogP contribution in [-0.4, -0.2) is 37.6 Å². The van der Waals surface area contributed by atoms with E-state index in [1.54, 1.807) is 0 Å². The third kappa shape index (κ3) is 34.7. The van der Waals surface area contributed by atoms with Crippen molar-refractivity contribution in [2.24, 2.45) is 0 Å². The van der Waals surface area contributed by atoms with Gasteiger partial charge in [0, 0.05) is 6.42 Å². The van der Waals surface area contributed by atoms with E-state index in [9.17, 15) is 4.79 Å². The Morgan fingerprint density at radius 2 is 0.884 bits per heavy atom. The summed E-state index contributed by atoms with van der Waals surface area (Å²) in [6.45, 7) is 5.50. The summed E-state index contributed by atoms with van der Waals surface area (Å²) in [5.74, 6) is 0.0105. The van der Waals surface area contributed by atoms with E-state index in [1.807, 2.05) is 0 Å². The van der Waals surface area contributed by atoms with E-state index in [0.29, 0.717) is 6.42 Å². The van der Waals surface area contributed by atoms with Gasteiger partial charge in [-0.3, -0.25) is 4.79 Å².